The van der Waals surface area contributed by atoms with E-state index in [2.05, 4.69) is 10.3 Å². The summed E-state index contributed by atoms with van der Waals surface area (Å²) in [5, 5.41) is 3.18. The van der Waals surface area contributed by atoms with Gasteiger partial charge >= 0.3 is 0 Å². The number of allylic oxidation sites excluding steroid dienone is 2. The maximum Gasteiger partial charge on any atom is 0.0562 e. The molecule has 0 radical (unpaired) electrons. The number of nitrogens with one attached hydrogen (secondary N) is 1. The normalized spacial score (nSPS) is 18.9. The van der Waals surface area contributed by atoms with E-state index in [-0.39, 0.29) is 0 Å². The van der Waals surface area contributed by atoms with Crippen molar-refractivity contribution in [3.63, 3.8) is 0 Å². The summed E-state index contributed by atoms with van der Waals surface area (Å²) in [6, 6.07) is 0. The average Bonchev–Trinajstić information content (AvgIpc) is 1.94. The lowest BCUT2D eigenvalue weighted by atomic mass is 10.4. The van der Waals surface area contributed by atoms with Crippen molar-refractivity contribution in [1.29, 1.82) is 0 Å². The molecule has 0 aromatic heterocycles. The van der Waals surface area contributed by atoms with Crippen LogP contribution in [-0.4, -0.2) is 19.3 Å². The topological polar surface area (TPSA) is 24.4 Å². The third kappa shape index (κ3) is 1.37. The molecule has 0 aromatic rings. The minimum absolute atomic E-state index is 0.897. The first-order valence-corrected chi connectivity index (χ1v) is 2.80. The van der Waals surface area contributed by atoms with Crippen LogP contribution in [0.4, 0.5) is 0 Å². The maximum absolute atomic E-state index is 4.06. The van der Waals surface area contributed by atoms with E-state index in [0.29, 0.717) is 0 Å². The van der Waals surface area contributed by atoms with Crippen LogP contribution in [0.15, 0.2) is 16.8 Å². The summed E-state index contributed by atoms with van der Waals surface area (Å²) in [4.78, 5) is 4.06. The zero-order chi connectivity index (χ0) is 5.82. The Morgan fingerprint density at radius 1 is 1.75 bits per heavy atom. The van der Waals surface area contributed by atoms with Crippen molar-refractivity contribution in [1.82, 2.24) is 5.32 Å². The Morgan fingerprint density at radius 3 is 3.50 bits per heavy atom. The Hall–Kier alpha value is -0.790. The summed E-state index contributed by atoms with van der Waals surface area (Å²) in [5.41, 5.74) is 1.20. The summed E-state index contributed by atoms with van der Waals surface area (Å²) in [7, 11) is 0. The molecule has 0 fully saturated rings. The highest BCUT2D eigenvalue weighted by molar-refractivity contribution is 5.72. The molecule has 1 aliphatic rings. The molecule has 1 N–H and O–H groups in total. The lowest BCUT2D eigenvalue weighted by Gasteiger charge is -1.98. The van der Waals surface area contributed by atoms with Gasteiger partial charge < -0.3 is 5.32 Å². The van der Waals surface area contributed by atoms with Crippen molar-refractivity contribution in [2.45, 2.75) is 6.92 Å². The summed E-state index contributed by atoms with van der Waals surface area (Å²) in [5.74, 6) is 0. The third-order valence-electron chi connectivity index (χ3n) is 1.07. The van der Waals surface area contributed by atoms with Gasteiger partial charge in [-0.1, -0.05) is 0 Å². The van der Waals surface area contributed by atoms with Crippen LogP contribution in [-0.2, 0) is 0 Å². The fraction of sp³-hybridized carbons (Fsp3) is 0.500. The Labute approximate surface area is 49.3 Å². The summed E-state index contributed by atoms with van der Waals surface area (Å²) < 4.78 is 0. The SMILES string of the molecule is CC1=CC=NCCN1. The van der Waals surface area contributed by atoms with E-state index < -0.39 is 0 Å². The molecular weight excluding hydrogens is 100 g/mol. The quantitative estimate of drug-likeness (QED) is 0.484. The molecular formula is C6H10N2. The van der Waals surface area contributed by atoms with Gasteiger partial charge in [-0.05, 0) is 13.0 Å². The van der Waals surface area contributed by atoms with Crippen molar-refractivity contribution in [3.8, 4) is 0 Å². The highest BCUT2D eigenvalue weighted by Gasteiger charge is 1.87. The largest absolute Gasteiger partial charge is 0.387 e. The van der Waals surface area contributed by atoms with Crippen LogP contribution in [0.3, 0.4) is 0 Å². The lowest BCUT2D eigenvalue weighted by Crippen LogP contribution is -2.13. The Bertz CT molecular complexity index is 124. The van der Waals surface area contributed by atoms with Crippen LogP contribution in [0.1, 0.15) is 6.92 Å². The zero-order valence-corrected chi connectivity index (χ0v) is 5.02. The fourth-order valence-electron chi connectivity index (χ4n) is 0.616. The second-order valence-corrected chi connectivity index (χ2v) is 1.83. The van der Waals surface area contributed by atoms with Gasteiger partial charge in [-0.25, -0.2) is 0 Å². The molecule has 0 saturated heterocycles. The molecule has 0 saturated carbocycles. The molecule has 1 rings (SSSR count). The molecule has 1 aliphatic heterocycles. The van der Waals surface area contributed by atoms with Crippen molar-refractivity contribution in [2.24, 2.45) is 4.99 Å². The smallest absolute Gasteiger partial charge is 0.0562 e. The predicted octanol–water partition coefficient (Wildman–Crippen LogP) is 0.564. The highest BCUT2D eigenvalue weighted by atomic mass is 14.9. The summed E-state index contributed by atoms with van der Waals surface area (Å²) in [6.07, 6.45) is 3.82. The number of aliphatic imine (C=N–C) groups is 1. The van der Waals surface area contributed by atoms with Gasteiger partial charge in [-0.3, -0.25) is 4.99 Å². The molecule has 8 heavy (non-hydrogen) atoms. The first-order chi connectivity index (χ1) is 3.89. The number of rotatable bonds is 0. The van der Waals surface area contributed by atoms with Crippen molar-refractivity contribution in [3.05, 3.63) is 11.8 Å². The van der Waals surface area contributed by atoms with E-state index in [9.17, 15) is 0 Å². The van der Waals surface area contributed by atoms with E-state index in [1.165, 1.54) is 5.70 Å². The van der Waals surface area contributed by atoms with Gasteiger partial charge in [0.1, 0.15) is 0 Å². The number of nitrogens with zero attached hydrogens (tertiary/aromatic N) is 1. The van der Waals surface area contributed by atoms with Crippen LogP contribution in [0.25, 0.3) is 0 Å². The zero-order valence-electron chi connectivity index (χ0n) is 5.02. The van der Waals surface area contributed by atoms with E-state index in [1.807, 2.05) is 19.2 Å². The molecule has 0 aromatic carbocycles. The van der Waals surface area contributed by atoms with E-state index in [1.54, 1.807) is 0 Å². The maximum atomic E-state index is 4.06. The second-order valence-electron chi connectivity index (χ2n) is 1.83. The molecule has 2 heteroatoms. The molecule has 0 amide bonds. The molecule has 0 spiro atoms. The standard InChI is InChI=1S/C6H10N2/c1-6-2-3-7-4-5-8-6/h2-3,8H,4-5H2,1H3. The monoisotopic (exact) mass is 110 g/mol. The average molecular weight is 110 g/mol. The lowest BCUT2D eigenvalue weighted by molar-refractivity contribution is 0.810. The Kier molecular flexibility index (Phi) is 1.67. The Balaban J connectivity index is 2.52. The highest BCUT2D eigenvalue weighted by Crippen LogP contribution is 1.86. The fourth-order valence-corrected chi connectivity index (χ4v) is 0.616. The van der Waals surface area contributed by atoms with Crippen molar-refractivity contribution in [2.75, 3.05) is 13.1 Å². The van der Waals surface area contributed by atoms with Gasteiger partial charge in [0.2, 0.25) is 0 Å². The number of hydrogen-bond donors (Lipinski definition) is 1. The van der Waals surface area contributed by atoms with Gasteiger partial charge in [0.15, 0.2) is 0 Å². The van der Waals surface area contributed by atoms with E-state index >= 15 is 0 Å². The molecule has 0 aliphatic carbocycles. The number of hydrogen-bond acceptors (Lipinski definition) is 2. The summed E-state index contributed by atoms with van der Waals surface area (Å²) >= 11 is 0. The minimum Gasteiger partial charge on any atom is -0.387 e. The van der Waals surface area contributed by atoms with Crippen LogP contribution in [0.5, 0.6) is 0 Å². The molecule has 2 nitrogen and oxygen atoms in total. The van der Waals surface area contributed by atoms with Crippen molar-refractivity contribution >= 4 is 6.21 Å². The predicted molar refractivity (Wildman–Crippen MR) is 35.1 cm³/mol. The molecule has 44 valence electrons. The molecule has 0 unspecified atom stereocenters. The van der Waals surface area contributed by atoms with Crippen LogP contribution in [0.2, 0.25) is 0 Å². The van der Waals surface area contributed by atoms with Crippen molar-refractivity contribution < 1.29 is 0 Å². The Morgan fingerprint density at radius 2 is 2.62 bits per heavy atom. The molecule has 1 heterocycles. The van der Waals surface area contributed by atoms with Gasteiger partial charge in [0.05, 0.1) is 6.54 Å². The second kappa shape index (κ2) is 2.50. The van der Waals surface area contributed by atoms with Gasteiger partial charge in [0, 0.05) is 18.5 Å². The minimum atomic E-state index is 0.897. The first kappa shape index (κ1) is 5.35. The van der Waals surface area contributed by atoms with Crippen LogP contribution < -0.4 is 5.32 Å². The summed E-state index contributed by atoms with van der Waals surface area (Å²) in [6.45, 7) is 3.91. The van der Waals surface area contributed by atoms with Gasteiger partial charge in [-0.2, -0.15) is 0 Å². The van der Waals surface area contributed by atoms with Gasteiger partial charge in [-0.15, -0.1) is 0 Å². The molecule has 0 bridgehead atoms. The van der Waals surface area contributed by atoms with E-state index in [0.717, 1.165) is 13.1 Å². The van der Waals surface area contributed by atoms with Crippen LogP contribution in [0, 0.1) is 0 Å². The van der Waals surface area contributed by atoms with E-state index in [4.69, 9.17) is 0 Å². The van der Waals surface area contributed by atoms with Crippen LogP contribution >= 0.6 is 0 Å². The first-order valence-electron chi connectivity index (χ1n) is 2.80. The van der Waals surface area contributed by atoms with Gasteiger partial charge in [0.25, 0.3) is 0 Å². The molecule has 0 atom stereocenters. The third-order valence-corrected chi connectivity index (χ3v) is 1.07.